The van der Waals surface area contributed by atoms with E-state index in [4.69, 9.17) is 15.2 Å². The quantitative estimate of drug-likeness (QED) is 0.856. The van der Waals surface area contributed by atoms with Crippen molar-refractivity contribution in [3.63, 3.8) is 0 Å². The molecule has 116 valence electrons. The fourth-order valence-electron chi connectivity index (χ4n) is 1.83. The molecule has 2 aromatic rings. The number of hydrogen-bond donors (Lipinski definition) is 2. The molecule has 6 heteroatoms. The first-order valence-electron chi connectivity index (χ1n) is 6.84. The van der Waals surface area contributed by atoms with Gasteiger partial charge in [-0.1, -0.05) is 6.07 Å². The number of methoxy groups -OCH3 is 1. The minimum atomic E-state index is -0.463. The minimum absolute atomic E-state index is 0.424. The zero-order valence-corrected chi connectivity index (χ0v) is 12.8. The molecule has 6 nitrogen and oxygen atoms in total. The van der Waals surface area contributed by atoms with Gasteiger partial charge in [0.05, 0.1) is 19.0 Å². The van der Waals surface area contributed by atoms with E-state index in [-0.39, 0.29) is 0 Å². The van der Waals surface area contributed by atoms with Crippen LogP contribution in [0.5, 0.6) is 17.4 Å². The highest BCUT2D eigenvalue weighted by molar-refractivity contribution is 5.82. The number of aryl methyl sites for hydroxylation is 1. The molecule has 1 aromatic carbocycles. The van der Waals surface area contributed by atoms with Crippen LogP contribution < -0.4 is 20.5 Å². The van der Waals surface area contributed by atoms with Crippen molar-refractivity contribution in [1.29, 1.82) is 0 Å². The maximum atomic E-state index is 11.0. The van der Waals surface area contributed by atoms with Gasteiger partial charge in [0.25, 0.3) is 0 Å². The maximum absolute atomic E-state index is 11.0. The minimum Gasteiger partial charge on any atom is -0.496 e. The van der Waals surface area contributed by atoms with Gasteiger partial charge in [0.15, 0.2) is 0 Å². The number of rotatable bonds is 6. The Kier molecular flexibility index (Phi) is 4.83. The number of benzene rings is 1. The molecule has 1 atom stereocenters. The van der Waals surface area contributed by atoms with Crippen LogP contribution in [0.2, 0.25) is 0 Å². The first-order chi connectivity index (χ1) is 10.5. The Hall–Kier alpha value is -2.76. The molecule has 0 radical (unpaired) electrons. The van der Waals surface area contributed by atoms with E-state index in [1.807, 2.05) is 19.1 Å². The van der Waals surface area contributed by atoms with Crippen molar-refractivity contribution in [2.24, 2.45) is 5.73 Å². The third-order valence-corrected chi connectivity index (χ3v) is 3.15. The Bertz CT molecular complexity index is 656. The van der Waals surface area contributed by atoms with Crippen LogP contribution in [0.4, 0.5) is 5.69 Å². The summed E-state index contributed by atoms with van der Waals surface area (Å²) in [5.74, 6) is 1.42. The Morgan fingerprint density at radius 3 is 2.68 bits per heavy atom. The second-order valence-electron chi connectivity index (χ2n) is 4.89. The fourth-order valence-corrected chi connectivity index (χ4v) is 1.83. The summed E-state index contributed by atoms with van der Waals surface area (Å²) in [6.45, 7) is 3.65. The zero-order chi connectivity index (χ0) is 16.1. The predicted molar refractivity (Wildman–Crippen MR) is 84.3 cm³/mol. The van der Waals surface area contributed by atoms with Crippen LogP contribution in [0.1, 0.15) is 12.5 Å². The summed E-state index contributed by atoms with van der Waals surface area (Å²) < 4.78 is 10.9. The van der Waals surface area contributed by atoms with Crippen LogP contribution in [0, 0.1) is 6.92 Å². The standard InChI is InChI=1S/C16H19N3O3/c1-10-4-6-13(8-14(10)21-3)22-15-7-5-12(9-18-15)19-11(2)16(17)20/h4-9,11,19H,1-3H3,(H2,17,20)/t11-/m1/s1. The van der Waals surface area contributed by atoms with Gasteiger partial charge in [-0.3, -0.25) is 4.79 Å². The van der Waals surface area contributed by atoms with Crippen molar-refractivity contribution >= 4 is 11.6 Å². The molecule has 0 aliphatic heterocycles. The normalized spacial score (nSPS) is 11.6. The highest BCUT2D eigenvalue weighted by atomic mass is 16.5. The Morgan fingerprint density at radius 1 is 1.32 bits per heavy atom. The van der Waals surface area contributed by atoms with Gasteiger partial charge in [-0.05, 0) is 31.5 Å². The number of carbonyl (C=O) groups excluding carboxylic acids is 1. The van der Waals surface area contributed by atoms with Gasteiger partial charge in [0.1, 0.15) is 17.5 Å². The van der Waals surface area contributed by atoms with Crippen LogP contribution in [0.25, 0.3) is 0 Å². The van der Waals surface area contributed by atoms with Gasteiger partial charge in [0.2, 0.25) is 11.8 Å². The van der Waals surface area contributed by atoms with E-state index in [2.05, 4.69) is 10.3 Å². The van der Waals surface area contributed by atoms with E-state index >= 15 is 0 Å². The number of primary amides is 1. The molecular weight excluding hydrogens is 282 g/mol. The fraction of sp³-hybridized carbons (Fsp3) is 0.250. The largest absolute Gasteiger partial charge is 0.496 e. The molecule has 0 saturated heterocycles. The summed E-state index contributed by atoms with van der Waals surface area (Å²) in [4.78, 5) is 15.2. The molecule has 1 aromatic heterocycles. The smallest absolute Gasteiger partial charge is 0.239 e. The van der Waals surface area contributed by atoms with Crippen molar-refractivity contribution in [1.82, 2.24) is 4.98 Å². The number of anilines is 1. The number of carbonyl (C=O) groups is 1. The first-order valence-corrected chi connectivity index (χ1v) is 6.84. The number of nitrogens with zero attached hydrogens (tertiary/aromatic N) is 1. The van der Waals surface area contributed by atoms with E-state index in [1.54, 1.807) is 38.4 Å². The highest BCUT2D eigenvalue weighted by Gasteiger charge is 2.08. The molecule has 0 aliphatic carbocycles. The monoisotopic (exact) mass is 301 g/mol. The van der Waals surface area contributed by atoms with Crippen LogP contribution in [0.3, 0.4) is 0 Å². The molecule has 0 spiro atoms. The summed E-state index contributed by atoms with van der Waals surface area (Å²) in [5.41, 5.74) is 6.92. The Morgan fingerprint density at radius 2 is 2.09 bits per heavy atom. The highest BCUT2D eigenvalue weighted by Crippen LogP contribution is 2.27. The summed E-state index contributed by atoms with van der Waals surface area (Å²) >= 11 is 0. The van der Waals surface area contributed by atoms with Gasteiger partial charge in [-0.2, -0.15) is 0 Å². The number of amides is 1. The van der Waals surface area contributed by atoms with Crippen LogP contribution in [-0.2, 0) is 4.79 Å². The van der Waals surface area contributed by atoms with E-state index in [0.717, 1.165) is 11.3 Å². The summed E-state index contributed by atoms with van der Waals surface area (Å²) in [6, 6.07) is 8.59. The summed E-state index contributed by atoms with van der Waals surface area (Å²) in [6.07, 6.45) is 1.58. The topological polar surface area (TPSA) is 86.5 Å². The summed E-state index contributed by atoms with van der Waals surface area (Å²) in [5, 5.41) is 2.95. The molecule has 0 fully saturated rings. The molecule has 1 amide bonds. The van der Waals surface area contributed by atoms with Gasteiger partial charge >= 0.3 is 0 Å². The van der Waals surface area contributed by atoms with Crippen LogP contribution >= 0.6 is 0 Å². The lowest BCUT2D eigenvalue weighted by atomic mass is 10.2. The molecule has 0 aliphatic rings. The van der Waals surface area contributed by atoms with E-state index in [9.17, 15) is 4.79 Å². The molecule has 2 rings (SSSR count). The third-order valence-electron chi connectivity index (χ3n) is 3.15. The molecule has 22 heavy (non-hydrogen) atoms. The summed E-state index contributed by atoms with van der Waals surface area (Å²) in [7, 11) is 1.62. The maximum Gasteiger partial charge on any atom is 0.239 e. The number of nitrogens with one attached hydrogen (secondary N) is 1. The van der Waals surface area contributed by atoms with Gasteiger partial charge in [0, 0.05) is 12.1 Å². The molecule has 1 heterocycles. The number of ether oxygens (including phenoxy) is 2. The second kappa shape index (κ2) is 6.80. The number of hydrogen-bond acceptors (Lipinski definition) is 5. The molecule has 3 N–H and O–H groups in total. The number of pyridine rings is 1. The average Bonchev–Trinajstić information content (AvgIpc) is 2.51. The van der Waals surface area contributed by atoms with Crippen molar-refractivity contribution in [2.45, 2.75) is 19.9 Å². The van der Waals surface area contributed by atoms with Gasteiger partial charge in [-0.25, -0.2) is 4.98 Å². The predicted octanol–water partition coefficient (Wildman–Crippen LogP) is 2.48. The SMILES string of the molecule is COc1cc(Oc2ccc(N[C@H](C)C(N)=O)cn2)ccc1C. The van der Waals surface area contributed by atoms with Crippen molar-refractivity contribution in [3.05, 3.63) is 42.1 Å². The molecular formula is C16H19N3O3. The third kappa shape index (κ3) is 3.88. The Labute approximate surface area is 129 Å². The van der Waals surface area contributed by atoms with E-state index < -0.39 is 11.9 Å². The van der Waals surface area contributed by atoms with Crippen molar-refractivity contribution in [2.75, 3.05) is 12.4 Å². The average molecular weight is 301 g/mol. The van der Waals surface area contributed by atoms with Crippen molar-refractivity contribution < 1.29 is 14.3 Å². The molecule has 0 bridgehead atoms. The molecule has 0 saturated carbocycles. The van der Waals surface area contributed by atoms with Gasteiger partial charge < -0.3 is 20.5 Å². The second-order valence-corrected chi connectivity index (χ2v) is 4.89. The lowest BCUT2D eigenvalue weighted by Crippen LogP contribution is -2.32. The van der Waals surface area contributed by atoms with Gasteiger partial charge in [-0.15, -0.1) is 0 Å². The lowest BCUT2D eigenvalue weighted by Gasteiger charge is -2.12. The van der Waals surface area contributed by atoms with Crippen LogP contribution in [0.15, 0.2) is 36.5 Å². The van der Waals surface area contributed by atoms with E-state index in [0.29, 0.717) is 17.3 Å². The van der Waals surface area contributed by atoms with Crippen LogP contribution in [-0.4, -0.2) is 24.0 Å². The number of aromatic nitrogens is 1. The van der Waals surface area contributed by atoms with E-state index in [1.165, 1.54) is 0 Å². The Balaban J connectivity index is 2.06. The first kappa shape index (κ1) is 15.6. The lowest BCUT2D eigenvalue weighted by molar-refractivity contribution is -0.118. The zero-order valence-electron chi connectivity index (χ0n) is 12.8. The number of nitrogens with two attached hydrogens (primary N) is 1. The molecule has 0 unspecified atom stereocenters. The van der Waals surface area contributed by atoms with Crippen molar-refractivity contribution in [3.8, 4) is 17.4 Å².